The highest BCUT2D eigenvalue weighted by Crippen LogP contribution is 2.18. The van der Waals surface area contributed by atoms with Crippen LogP contribution in [0.3, 0.4) is 0 Å². The fourth-order valence-electron chi connectivity index (χ4n) is 1.73. The van der Waals surface area contributed by atoms with Gasteiger partial charge in [-0.25, -0.2) is 0 Å². The van der Waals surface area contributed by atoms with Gasteiger partial charge in [-0.3, -0.25) is 0 Å². The molecule has 0 amide bonds. The minimum Gasteiger partial charge on any atom is -0.485 e. The Morgan fingerprint density at radius 2 is 1.90 bits per heavy atom. The first-order valence-corrected chi connectivity index (χ1v) is 6.82. The van der Waals surface area contributed by atoms with Gasteiger partial charge in [0.15, 0.2) is 6.61 Å². The number of hydrogen-bond donors (Lipinski definition) is 1. The quantitative estimate of drug-likeness (QED) is 0.878. The lowest BCUT2D eigenvalue weighted by molar-refractivity contribution is 0.284. The normalized spacial score (nSPS) is 12.7. The van der Waals surface area contributed by atoms with E-state index in [0.717, 1.165) is 5.75 Å². The molecule has 1 heterocycles. The molecule has 0 aliphatic carbocycles. The first-order chi connectivity index (χ1) is 9.60. The second-order valence-electron chi connectivity index (χ2n) is 5.07. The van der Waals surface area contributed by atoms with Crippen LogP contribution >= 0.6 is 0 Å². The van der Waals surface area contributed by atoms with E-state index in [0.29, 0.717) is 24.4 Å². The molecule has 0 aliphatic rings. The van der Waals surface area contributed by atoms with Crippen molar-refractivity contribution in [1.29, 1.82) is 0 Å². The largest absolute Gasteiger partial charge is 0.485 e. The zero-order chi connectivity index (χ0) is 14.5. The fraction of sp³-hybridized carbons (Fsp3) is 0.467. The standard InChI is InChI=1S/C15H21N3O2/c1-10(2)15-17-14(18-20-15)9-19-13-7-5-12(6-8-13)11(3)16-4/h5-8,10-11,16H,9H2,1-4H3. The maximum Gasteiger partial charge on any atom is 0.229 e. The van der Waals surface area contributed by atoms with Crippen LogP contribution in [0.15, 0.2) is 28.8 Å². The average molecular weight is 275 g/mol. The molecule has 0 aliphatic heterocycles. The average Bonchev–Trinajstić information content (AvgIpc) is 2.94. The molecule has 2 rings (SSSR count). The van der Waals surface area contributed by atoms with Crippen molar-refractivity contribution < 1.29 is 9.26 Å². The molecule has 5 heteroatoms. The summed E-state index contributed by atoms with van der Waals surface area (Å²) in [4.78, 5) is 4.27. The maximum absolute atomic E-state index is 5.65. The van der Waals surface area contributed by atoms with Gasteiger partial charge in [0.05, 0.1) is 0 Å². The van der Waals surface area contributed by atoms with E-state index in [4.69, 9.17) is 9.26 Å². The maximum atomic E-state index is 5.65. The summed E-state index contributed by atoms with van der Waals surface area (Å²) in [6.45, 7) is 6.46. The molecule has 108 valence electrons. The second-order valence-corrected chi connectivity index (χ2v) is 5.07. The van der Waals surface area contributed by atoms with Gasteiger partial charge in [-0.15, -0.1) is 0 Å². The first-order valence-electron chi connectivity index (χ1n) is 6.82. The van der Waals surface area contributed by atoms with Crippen LogP contribution in [0.1, 0.15) is 50.0 Å². The number of nitrogens with zero attached hydrogens (tertiary/aromatic N) is 2. The van der Waals surface area contributed by atoms with E-state index in [2.05, 4.69) is 22.4 Å². The molecular weight excluding hydrogens is 254 g/mol. The Morgan fingerprint density at radius 3 is 2.45 bits per heavy atom. The van der Waals surface area contributed by atoms with Gasteiger partial charge < -0.3 is 14.6 Å². The topological polar surface area (TPSA) is 60.2 Å². The third-order valence-electron chi connectivity index (χ3n) is 3.16. The van der Waals surface area contributed by atoms with Crippen LogP contribution in [0.4, 0.5) is 0 Å². The fourth-order valence-corrected chi connectivity index (χ4v) is 1.73. The van der Waals surface area contributed by atoms with Crippen LogP contribution in [0.5, 0.6) is 5.75 Å². The van der Waals surface area contributed by atoms with Gasteiger partial charge >= 0.3 is 0 Å². The smallest absolute Gasteiger partial charge is 0.229 e. The van der Waals surface area contributed by atoms with Crippen molar-refractivity contribution in [3.8, 4) is 5.75 Å². The summed E-state index contributed by atoms with van der Waals surface area (Å²) in [7, 11) is 1.94. The molecule has 2 aromatic rings. The van der Waals surface area contributed by atoms with E-state index in [1.165, 1.54) is 5.56 Å². The third kappa shape index (κ3) is 3.57. The van der Waals surface area contributed by atoms with Crippen LogP contribution in [0.25, 0.3) is 0 Å². The van der Waals surface area contributed by atoms with E-state index >= 15 is 0 Å². The predicted molar refractivity (Wildman–Crippen MR) is 76.6 cm³/mol. The lowest BCUT2D eigenvalue weighted by Crippen LogP contribution is -2.11. The zero-order valence-electron chi connectivity index (χ0n) is 12.4. The van der Waals surface area contributed by atoms with E-state index in [1.54, 1.807) is 0 Å². The van der Waals surface area contributed by atoms with Gasteiger partial charge in [0, 0.05) is 12.0 Å². The van der Waals surface area contributed by atoms with Crippen molar-refractivity contribution in [3.05, 3.63) is 41.5 Å². The van der Waals surface area contributed by atoms with E-state index in [1.807, 2.05) is 45.2 Å². The Kier molecular flexibility index (Phi) is 4.74. The Morgan fingerprint density at radius 1 is 1.20 bits per heavy atom. The minimum atomic E-state index is 0.235. The summed E-state index contributed by atoms with van der Waals surface area (Å²) in [5.74, 6) is 2.25. The van der Waals surface area contributed by atoms with E-state index in [-0.39, 0.29) is 5.92 Å². The van der Waals surface area contributed by atoms with Crippen LogP contribution in [-0.2, 0) is 6.61 Å². The lowest BCUT2D eigenvalue weighted by Gasteiger charge is -2.11. The molecule has 1 unspecified atom stereocenters. The molecule has 0 fully saturated rings. The molecular formula is C15H21N3O2. The summed E-state index contributed by atoms with van der Waals surface area (Å²) >= 11 is 0. The molecule has 1 N–H and O–H groups in total. The Hall–Kier alpha value is -1.88. The summed E-state index contributed by atoms with van der Waals surface area (Å²) in [6.07, 6.45) is 0. The van der Waals surface area contributed by atoms with E-state index < -0.39 is 0 Å². The molecule has 0 bridgehead atoms. The molecule has 1 aromatic carbocycles. The van der Waals surface area contributed by atoms with Crippen LogP contribution in [0.2, 0.25) is 0 Å². The highest BCUT2D eigenvalue weighted by Gasteiger charge is 2.10. The Bertz CT molecular complexity index is 534. The van der Waals surface area contributed by atoms with Crippen molar-refractivity contribution in [2.45, 2.75) is 39.3 Å². The zero-order valence-corrected chi connectivity index (χ0v) is 12.4. The highest BCUT2D eigenvalue weighted by atomic mass is 16.5. The van der Waals surface area contributed by atoms with Crippen molar-refractivity contribution >= 4 is 0 Å². The van der Waals surface area contributed by atoms with Crippen molar-refractivity contribution in [2.24, 2.45) is 0 Å². The number of benzene rings is 1. The number of aromatic nitrogens is 2. The lowest BCUT2D eigenvalue weighted by atomic mass is 10.1. The van der Waals surface area contributed by atoms with Gasteiger partial charge in [0.1, 0.15) is 5.75 Å². The summed E-state index contributed by atoms with van der Waals surface area (Å²) in [6, 6.07) is 8.33. The molecule has 0 radical (unpaired) electrons. The van der Waals surface area contributed by atoms with Gasteiger partial charge in [-0.1, -0.05) is 31.1 Å². The summed E-state index contributed by atoms with van der Waals surface area (Å²) in [5, 5.41) is 7.09. The molecule has 0 saturated heterocycles. The van der Waals surface area contributed by atoms with Crippen molar-refractivity contribution in [3.63, 3.8) is 0 Å². The van der Waals surface area contributed by atoms with Gasteiger partial charge in [-0.05, 0) is 31.7 Å². The molecule has 0 spiro atoms. The van der Waals surface area contributed by atoms with Gasteiger partial charge in [0.25, 0.3) is 0 Å². The summed E-state index contributed by atoms with van der Waals surface area (Å²) in [5.41, 5.74) is 1.22. The van der Waals surface area contributed by atoms with Crippen molar-refractivity contribution in [1.82, 2.24) is 15.5 Å². The van der Waals surface area contributed by atoms with E-state index in [9.17, 15) is 0 Å². The number of nitrogens with one attached hydrogen (secondary N) is 1. The molecule has 1 atom stereocenters. The number of hydrogen-bond acceptors (Lipinski definition) is 5. The summed E-state index contributed by atoms with van der Waals surface area (Å²) < 4.78 is 10.8. The highest BCUT2D eigenvalue weighted by molar-refractivity contribution is 5.28. The number of rotatable bonds is 6. The number of ether oxygens (including phenoxy) is 1. The predicted octanol–water partition coefficient (Wildman–Crippen LogP) is 3.05. The van der Waals surface area contributed by atoms with Crippen LogP contribution < -0.4 is 10.1 Å². The molecule has 20 heavy (non-hydrogen) atoms. The van der Waals surface area contributed by atoms with Crippen molar-refractivity contribution in [2.75, 3.05) is 7.05 Å². The minimum absolute atomic E-state index is 0.235. The Balaban J connectivity index is 1.93. The molecule has 1 aromatic heterocycles. The monoisotopic (exact) mass is 275 g/mol. The second kappa shape index (κ2) is 6.52. The van der Waals surface area contributed by atoms with Crippen LogP contribution in [0, 0.1) is 0 Å². The van der Waals surface area contributed by atoms with Gasteiger partial charge in [-0.2, -0.15) is 4.98 Å². The van der Waals surface area contributed by atoms with Crippen LogP contribution in [-0.4, -0.2) is 17.2 Å². The SMILES string of the molecule is CNC(C)c1ccc(OCc2noc(C(C)C)n2)cc1. The molecule has 5 nitrogen and oxygen atoms in total. The first kappa shape index (κ1) is 14.5. The Labute approximate surface area is 119 Å². The third-order valence-corrected chi connectivity index (χ3v) is 3.16. The van der Waals surface area contributed by atoms with Gasteiger partial charge in [0.2, 0.25) is 11.7 Å². The molecule has 0 saturated carbocycles.